The first-order valence-corrected chi connectivity index (χ1v) is 10.1. The van der Waals surface area contributed by atoms with Gasteiger partial charge in [-0.05, 0) is 32.3 Å². The number of rotatable bonds is 6. The zero-order valence-corrected chi connectivity index (χ0v) is 17.1. The zero-order chi connectivity index (χ0) is 21.3. The van der Waals surface area contributed by atoms with Crippen molar-refractivity contribution in [2.24, 2.45) is 0 Å². The molecular weight excluding hydrogens is 412 g/mol. The first-order valence-electron chi connectivity index (χ1n) is 9.29. The largest absolute Gasteiger partial charge is 0.488 e. The molecule has 1 saturated carbocycles. The fourth-order valence-electron chi connectivity index (χ4n) is 3.28. The van der Waals surface area contributed by atoms with Crippen molar-refractivity contribution in [3.05, 3.63) is 40.2 Å². The van der Waals surface area contributed by atoms with Gasteiger partial charge in [-0.1, -0.05) is 11.3 Å². The smallest absolute Gasteiger partial charge is 0.381 e. The number of ether oxygens (including phenoxy) is 1. The van der Waals surface area contributed by atoms with Crippen LogP contribution >= 0.6 is 11.3 Å². The van der Waals surface area contributed by atoms with Crippen molar-refractivity contribution in [1.82, 2.24) is 20.0 Å². The van der Waals surface area contributed by atoms with Crippen molar-refractivity contribution in [1.29, 1.82) is 0 Å². The number of aliphatic hydroxyl groups is 1. The van der Waals surface area contributed by atoms with Crippen LogP contribution in [0.3, 0.4) is 0 Å². The first kappa shape index (κ1) is 20.0. The molecular formula is C18H20N6O5S. The molecule has 1 aliphatic carbocycles. The number of hydrogen-bond acceptors (Lipinski definition) is 10. The quantitative estimate of drug-likeness (QED) is 0.528. The lowest BCUT2D eigenvalue weighted by atomic mass is 10.2. The molecule has 2 atom stereocenters. The number of aryl methyl sites for hydroxylation is 1. The third-order valence-corrected chi connectivity index (χ3v) is 5.62. The van der Waals surface area contributed by atoms with Crippen molar-refractivity contribution < 1.29 is 19.1 Å². The van der Waals surface area contributed by atoms with Gasteiger partial charge in [-0.2, -0.15) is 5.10 Å². The topological polar surface area (TPSA) is 144 Å². The molecule has 0 bridgehead atoms. The number of aromatic nitrogens is 4. The van der Waals surface area contributed by atoms with Crippen LogP contribution < -0.4 is 21.0 Å². The highest BCUT2D eigenvalue weighted by molar-refractivity contribution is 7.17. The van der Waals surface area contributed by atoms with E-state index in [0.29, 0.717) is 11.6 Å². The van der Waals surface area contributed by atoms with E-state index in [9.17, 15) is 14.7 Å². The van der Waals surface area contributed by atoms with Gasteiger partial charge in [-0.25, -0.2) is 9.48 Å². The van der Waals surface area contributed by atoms with E-state index in [1.165, 1.54) is 13.2 Å². The molecule has 158 valence electrons. The Morgan fingerprint density at radius 3 is 2.90 bits per heavy atom. The maximum absolute atomic E-state index is 12.6. The highest BCUT2D eigenvalue weighted by atomic mass is 32.1. The second-order valence-electron chi connectivity index (χ2n) is 6.82. The van der Waals surface area contributed by atoms with Crippen LogP contribution in [0, 0.1) is 6.92 Å². The molecule has 0 radical (unpaired) electrons. The number of methoxy groups -OCH3 is 1. The predicted molar refractivity (Wildman–Crippen MR) is 109 cm³/mol. The summed E-state index contributed by atoms with van der Waals surface area (Å²) in [5, 5.41) is 28.5. The van der Waals surface area contributed by atoms with Crippen molar-refractivity contribution >= 4 is 28.1 Å². The van der Waals surface area contributed by atoms with Crippen LogP contribution in [0.25, 0.3) is 5.13 Å². The van der Waals surface area contributed by atoms with Crippen molar-refractivity contribution in [3.63, 3.8) is 0 Å². The molecule has 30 heavy (non-hydrogen) atoms. The van der Waals surface area contributed by atoms with Gasteiger partial charge in [0.15, 0.2) is 5.76 Å². The Hall–Kier alpha value is -3.25. The summed E-state index contributed by atoms with van der Waals surface area (Å²) in [6, 6.07) is 2.96. The van der Waals surface area contributed by atoms with Gasteiger partial charge in [0.05, 0.1) is 24.9 Å². The molecule has 0 unspecified atom stereocenters. The Bertz CT molecular complexity index is 1120. The Labute approximate surface area is 174 Å². The van der Waals surface area contributed by atoms with E-state index in [2.05, 4.69) is 25.9 Å². The molecule has 1 fully saturated rings. The number of carbonyl (C=O) groups is 1. The number of amides is 1. The molecule has 0 saturated heterocycles. The van der Waals surface area contributed by atoms with Gasteiger partial charge in [0, 0.05) is 18.0 Å². The minimum Gasteiger partial charge on any atom is -0.488 e. The summed E-state index contributed by atoms with van der Waals surface area (Å²) in [5.74, 6) is -0.939. The fraction of sp³-hybridized carbons (Fsp3) is 0.389. The maximum atomic E-state index is 12.6. The lowest BCUT2D eigenvalue weighted by Gasteiger charge is -2.19. The molecule has 3 aromatic heterocycles. The summed E-state index contributed by atoms with van der Waals surface area (Å²) in [4.78, 5) is 24.9. The van der Waals surface area contributed by atoms with E-state index in [-0.39, 0.29) is 28.4 Å². The Balaban J connectivity index is 1.56. The monoisotopic (exact) mass is 432 g/mol. The van der Waals surface area contributed by atoms with Gasteiger partial charge in [0.1, 0.15) is 0 Å². The fourth-order valence-corrected chi connectivity index (χ4v) is 4.04. The van der Waals surface area contributed by atoms with E-state index in [1.54, 1.807) is 10.9 Å². The molecule has 12 heteroatoms. The zero-order valence-electron chi connectivity index (χ0n) is 16.3. The van der Waals surface area contributed by atoms with Gasteiger partial charge < -0.3 is 19.6 Å². The molecule has 0 aromatic carbocycles. The van der Waals surface area contributed by atoms with Crippen LogP contribution in [-0.2, 0) is 0 Å². The molecule has 1 amide bonds. The van der Waals surface area contributed by atoms with Crippen LogP contribution in [0.4, 0.5) is 10.8 Å². The maximum Gasteiger partial charge on any atom is 0.381 e. The number of nitrogens with zero attached hydrogens (tertiary/aromatic N) is 4. The molecule has 3 heterocycles. The summed E-state index contributed by atoms with van der Waals surface area (Å²) in [6.07, 6.45) is 3.38. The summed E-state index contributed by atoms with van der Waals surface area (Å²) in [5.41, 5.74) is 0.357. The van der Waals surface area contributed by atoms with Crippen LogP contribution in [0.1, 0.15) is 35.5 Å². The average Bonchev–Trinajstić information content (AvgIpc) is 3.44. The number of nitrogens with one attached hydrogen (secondary N) is 2. The highest BCUT2D eigenvalue weighted by Gasteiger charge is 2.27. The molecule has 3 N–H and O–H groups in total. The Morgan fingerprint density at radius 2 is 2.23 bits per heavy atom. The van der Waals surface area contributed by atoms with Gasteiger partial charge >= 0.3 is 5.63 Å². The van der Waals surface area contributed by atoms with Crippen molar-refractivity contribution in [2.45, 2.75) is 38.3 Å². The molecule has 4 rings (SSSR count). The van der Waals surface area contributed by atoms with E-state index in [1.807, 2.05) is 13.0 Å². The Kier molecular flexibility index (Phi) is 5.50. The average molecular weight is 432 g/mol. The lowest BCUT2D eigenvalue weighted by molar-refractivity contribution is 0.0991. The van der Waals surface area contributed by atoms with Crippen LogP contribution in [-0.4, -0.2) is 50.2 Å². The van der Waals surface area contributed by atoms with Crippen molar-refractivity contribution in [2.75, 3.05) is 17.7 Å². The SMILES string of the molecule is COc1c(N[C@@H]2CCC[C@H]2O)cc(C(=O)Nc2nnc(-n3nccc3C)s2)oc1=O. The van der Waals surface area contributed by atoms with Crippen LogP contribution in [0.2, 0.25) is 0 Å². The Morgan fingerprint density at radius 1 is 1.40 bits per heavy atom. The van der Waals surface area contributed by atoms with Gasteiger partial charge in [-0.3, -0.25) is 10.1 Å². The predicted octanol–water partition coefficient (Wildman–Crippen LogP) is 1.57. The number of hydrogen-bond donors (Lipinski definition) is 3. The molecule has 0 aliphatic heterocycles. The van der Waals surface area contributed by atoms with Crippen molar-refractivity contribution in [3.8, 4) is 10.9 Å². The molecule has 1 aliphatic rings. The van der Waals surface area contributed by atoms with E-state index >= 15 is 0 Å². The van der Waals surface area contributed by atoms with E-state index in [0.717, 1.165) is 29.9 Å². The summed E-state index contributed by atoms with van der Waals surface area (Å²) >= 11 is 1.12. The highest BCUT2D eigenvalue weighted by Crippen LogP contribution is 2.28. The minimum atomic E-state index is -0.801. The standard InChI is InChI=1S/C18H20N6O5S/c1-9-6-7-19-24(9)18-23-22-17(30-18)21-15(26)13-8-11(14(28-2)16(27)29-13)20-10-4-3-5-12(10)25/h6-8,10,12,20,25H,3-5H2,1-2H3,(H,21,22,26)/t10-,12-/m1/s1. The molecule has 3 aromatic rings. The van der Waals surface area contributed by atoms with Gasteiger partial charge in [-0.15, -0.1) is 10.2 Å². The second kappa shape index (κ2) is 8.24. The van der Waals surface area contributed by atoms with Gasteiger partial charge in [0.2, 0.25) is 16.0 Å². The van der Waals surface area contributed by atoms with Gasteiger partial charge in [0.25, 0.3) is 5.91 Å². The molecule has 11 nitrogen and oxygen atoms in total. The third kappa shape index (κ3) is 3.91. The van der Waals surface area contributed by atoms with E-state index in [4.69, 9.17) is 9.15 Å². The summed E-state index contributed by atoms with van der Waals surface area (Å²) < 4.78 is 11.8. The number of aliphatic hydroxyl groups excluding tert-OH is 1. The van der Waals surface area contributed by atoms with E-state index < -0.39 is 17.6 Å². The summed E-state index contributed by atoms with van der Waals surface area (Å²) in [6.45, 7) is 1.87. The van der Waals surface area contributed by atoms with Crippen LogP contribution in [0.5, 0.6) is 5.75 Å². The third-order valence-electron chi connectivity index (χ3n) is 4.80. The summed E-state index contributed by atoms with van der Waals surface area (Å²) in [7, 11) is 1.34. The second-order valence-corrected chi connectivity index (χ2v) is 7.78. The number of carbonyl (C=O) groups excluding carboxylic acids is 1. The minimum absolute atomic E-state index is 0.0574. The normalized spacial score (nSPS) is 18.4. The van der Waals surface area contributed by atoms with Crippen LogP contribution in [0.15, 0.2) is 27.5 Å². The lowest BCUT2D eigenvalue weighted by Crippen LogP contribution is -2.29. The number of anilines is 2. The first-order chi connectivity index (χ1) is 14.5. The molecule has 0 spiro atoms.